The summed E-state index contributed by atoms with van der Waals surface area (Å²) in [7, 11) is 0. The van der Waals surface area contributed by atoms with Crippen LogP contribution in [-0.2, 0) is 0 Å². The normalized spacial score (nSPS) is 12.2. The molecule has 0 spiro atoms. The molecule has 2 aromatic carbocycles. The molecule has 1 atom stereocenters. The van der Waals surface area contributed by atoms with Crippen LogP contribution in [-0.4, -0.2) is 9.97 Å². The number of anilines is 1. The number of rotatable bonds is 4. The summed E-state index contributed by atoms with van der Waals surface area (Å²) in [4.78, 5) is 7.68. The van der Waals surface area contributed by atoms with Gasteiger partial charge < -0.3 is 10.3 Å². The summed E-state index contributed by atoms with van der Waals surface area (Å²) in [5.41, 5.74) is 5.87. The molecule has 124 valence electrons. The van der Waals surface area contributed by atoms with Crippen molar-refractivity contribution in [3.63, 3.8) is 0 Å². The SMILES string of the molecule is Cc1[nH]c2ccccc2c1[C@H](Nc1ccc(Br)cc1)c1ccncc1. The van der Waals surface area contributed by atoms with E-state index >= 15 is 0 Å². The molecular formula is C21H18BrN3. The molecule has 0 radical (unpaired) electrons. The fraction of sp³-hybridized carbons (Fsp3) is 0.0952. The van der Waals surface area contributed by atoms with E-state index in [4.69, 9.17) is 0 Å². The molecule has 4 heteroatoms. The second kappa shape index (κ2) is 6.73. The number of para-hydroxylation sites is 1. The Bertz CT molecular complexity index is 991. The monoisotopic (exact) mass is 391 g/mol. The molecule has 0 bridgehead atoms. The lowest BCUT2D eigenvalue weighted by Gasteiger charge is -2.21. The Morgan fingerprint density at radius 2 is 1.68 bits per heavy atom. The van der Waals surface area contributed by atoms with Gasteiger partial charge in [-0.3, -0.25) is 4.98 Å². The molecule has 0 aliphatic rings. The predicted molar refractivity (Wildman–Crippen MR) is 107 cm³/mol. The van der Waals surface area contributed by atoms with Gasteiger partial charge in [0.2, 0.25) is 0 Å². The molecule has 2 N–H and O–H groups in total. The Kier molecular flexibility index (Phi) is 4.28. The first-order valence-corrected chi connectivity index (χ1v) is 9.01. The van der Waals surface area contributed by atoms with Gasteiger partial charge >= 0.3 is 0 Å². The number of hydrogen-bond donors (Lipinski definition) is 2. The Balaban J connectivity index is 1.85. The zero-order chi connectivity index (χ0) is 17.2. The molecule has 25 heavy (non-hydrogen) atoms. The van der Waals surface area contributed by atoms with E-state index in [1.54, 1.807) is 0 Å². The number of fused-ring (bicyclic) bond motifs is 1. The lowest BCUT2D eigenvalue weighted by molar-refractivity contribution is 0.928. The number of aromatic amines is 1. The van der Waals surface area contributed by atoms with Gasteiger partial charge in [0.05, 0.1) is 6.04 Å². The summed E-state index contributed by atoms with van der Waals surface area (Å²) in [6, 6.07) is 20.9. The van der Waals surface area contributed by atoms with Gasteiger partial charge in [-0.05, 0) is 55.0 Å². The van der Waals surface area contributed by atoms with Crippen LogP contribution >= 0.6 is 15.9 Å². The summed E-state index contributed by atoms with van der Waals surface area (Å²) in [6.45, 7) is 2.13. The highest BCUT2D eigenvalue weighted by molar-refractivity contribution is 9.10. The van der Waals surface area contributed by atoms with Gasteiger partial charge in [0.25, 0.3) is 0 Å². The first kappa shape index (κ1) is 15.9. The average Bonchev–Trinajstić information content (AvgIpc) is 2.98. The lowest BCUT2D eigenvalue weighted by atomic mass is 9.96. The van der Waals surface area contributed by atoms with Crippen LogP contribution in [0.2, 0.25) is 0 Å². The second-order valence-electron chi connectivity index (χ2n) is 6.07. The summed E-state index contributed by atoms with van der Waals surface area (Å²) >= 11 is 3.50. The molecule has 2 heterocycles. The van der Waals surface area contributed by atoms with E-state index in [9.17, 15) is 0 Å². The van der Waals surface area contributed by atoms with Crippen molar-refractivity contribution in [3.05, 3.63) is 94.4 Å². The minimum Gasteiger partial charge on any atom is -0.374 e. The van der Waals surface area contributed by atoms with E-state index in [2.05, 4.69) is 86.7 Å². The van der Waals surface area contributed by atoms with E-state index in [0.29, 0.717) is 0 Å². The maximum atomic E-state index is 4.17. The zero-order valence-electron chi connectivity index (χ0n) is 13.8. The van der Waals surface area contributed by atoms with Crippen LogP contribution in [0, 0.1) is 6.92 Å². The average molecular weight is 392 g/mol. The second-order valence-corrected chi connectivity index (χ2v) is 6.99. The van der Waals surface area contributed by atoms with Crippen LogP contribution in [0.1, 0.15) is 22.9 Å². The summed E-state index contributed by atoms with van der Waals surface area (Å²) < 4.78 is 1.07. The predicted octanol–water partition coefficient (Wildman–Crippen LogP) is 5.84. The Labute approximate surface area is 155 Å². The van der Waals surface area contributed by atoms with Crippen LogP contribution in [0.3, 0.4) is 0 Å². The topological polar surface area (TPSA) is 40.7 Å². The number of H-pyrrole nitrogens is 1. The van der Waals surface area contributed by atoms with Crippen LogP contribution in [0.5, 0.6) is 0 Å². The molecule has 4 rings (SSSR count). The lowest BCUT2D eigenvalue weighted by Crippen LogP contribution is -2.13. The minimum atomic E-state index is 0.0420. The van der Waals surface area contributed by atoms with E-state index in [1.165, 1.54) is 22.2 Å². The van der Waals surface area contributed by atoms with Gasteiger partial charge in [-0.1, -0.05) is 34.1 Å². The fourth-order valence-corrected chi connectivity index (χ4v) is 3.53. The molecule has 0 saturated carbocycles. The van der Waals surface area contributed by atoms with Crippen molar-refractivity contribution >= 4 is 32.5 Å². The zero-order valence-corrected chi connectivity index (χ0v) is 15.4. The van der Waals surface area contributed by atoms with Crippen molar-refractivity contribution in [2.45, 2.75) is 13.0 Å². The molecule has 4 aromatic rings. The van der Waals surface area contributed by atoms with Crippen molar-refractivity contribution in [1.82, 2.24) is 9.97 Å². The molecule has 0 aliphatic carbocycles. The van der Waals surface area contributed by atoms with Crippen molar-refractivity contribution in [2.75, 3.05) is 5.32 Å². The smallest absolute Gasteiger partial charge is 0.0791 e. The minimum absolute atomic E-state index is 0.0420. The molecule has 0 amide bonds. The van der Waals surface area contributed by atoms with Crippen LogP contribution in [0.4, 0.5) is 5.69 Å². The Morgan fingerprint density at radius 1 is 0.960 bits per heavy atom. The molecule has 0 fully saturated rings. The van der Waals surface area contributed by atoms with E-state index in [1.807, 2.05) is 24.5 Å². The van der Waals surface area contributed by atoms with Gasteiger partial charge in [-0.15, -0.1) is 0 Å². The summed E-state index contributed by atoms with van der Waals surface area (Å²) in [6.07, 6.45) is 3.69. The standard InChI is InChI=1S/C21H18BrN3/c1-14-20(18-4-2-3-5-19(18)24-14)21(15-10-12-23-13-11-15)25-17-8-6-16(22)7-9-17/h2-13,21,24-25H,1H3/t21-/m1/s1. The van der Waals surface area contributed by atoms with Gasteiger partial charge in [-0.2, -0.15) is 0 Å². The number of nitrogens with one attached hydrogen (secondary N) is 2. The van der Waals surface area contributed by atoms with E-state index in [-0.39, 0.29) is 6.04 Å². The van der Waals surface area contributed by atoms with Crippen molar-refractivity contribution in [1.29, 1.82) is 0 Å². The summed E-state index contributed by atoms with van der Waals surface area (Å²) in [5, 5.41) is 4.93. The van der Waals surface area contributed by atoms with E-state index in [0.717, 1.165) is 15.7 Å². The quantitative estimate of drug-likeness (QED) is 0.458. The molecule has 3 nitrogen and oxygen atoms in total. The highest BCUT2D eigenvalue weighted by atomic mass is 79.9. The van der Waals surface area contributed by atoms with Gasteiger partial charge in [-0.25, -0.2) is 0 Å². The molecule has 0 unspecified atom stereocenters. The number of nitrogens with zero attached hydrogens (tertiary/aromatic N) is 1. The highest BCUT2D eigenvalue weighted by Crippen LogP contribution is 2.34. The van der Waals surface area contributed by atoms with Crippen molar-refractivity contribution < 1.29 is 0 Å². The van der Waals surface area contributed by atoms with Crippen LogP contribution < -0.4 is 5.32 Å². The first-order valence-electron chi connectivity index (χ1n) is 8.21. The number of aromatic nitrogens is 2. The molecule has 2 aromatic heterocycles. The molecule has 0 saturated heterocycles. The highest BCUT2D eigenvalue weighted by Gasteiger charge is 2.20. The van der Waals surface area contributed by atoms with Crippen LogP contribution in [0.15, 0.2) is 77.5 Å². The van der Waals surface area contributed by atoms with Crippen molar-refractivity contribution in [2.24, 2.45) is 0 Å². The Morgan fingerprint density at radius 3 is 2.44 bits per heavy atom. The van der Waals surface area contributed by atoms with Crippen LogP contribution in [0.25, 0.3) is 10.9 Å². The number of benzene rings is 2. The van der Waals surface area contributed by atoms with Gasteiger partial charge in [0.15, 0.2) is 0 Å². The third-order valence-electron chi connectivity index (χ3n) is 4.43. The third-order valence-corrected chi connectivity index (χ3v) is 4.96. The van der Waals surface area contributed by atoms with Gasteiger partial charge in [0.1, 0.15) is 0 Å². The number of pyridine rings is 1. The number of aryl methyl sites for hydroxylation is 1. The first-order chi connectivity index (χ1) is 12.2. The van der Waals surface area contributed by atoms with Gasteiger partial charge in [0, 0.05) is 44.7 Å². The largest absolute Gasteiger partial charge is 0.374 e. The molecular weight excluding hydrogens is 374 g/mol. The maximum absolute atomic E-state index is 4.17. The van der Waals surface area contributed by atoms with Crippen molar-refractivity contribution in [3.8, 4) is 0 Å². The Hall–Kier alpha value is -2.59. The molecule has 0 aliphatic heterocycles. The van der Waals surface area contributed by atoms with E-state index < -0.39 is 0 Å². The fourth-order valence-electron chi connectivity index (χ4n) is 3.26. The third kappa shape index (κ3) is 3.17. The number of halogens is 1. The summed E-state index contributed by atoms with van der Waals surface area (Å²) in [5.74, 6) is 0. The number of hydrogen-bond acceptors (Lipinski definition) is 2. The maximum Gasteiger partial charge on any atom is 0.0791 e.